The number of carbonyl (C=O) groups is 2. The molecular weight excluding hydrogens is 320 g/mol. The van der Waals surface area contributed by atoms with Crippen LogP contribution >= 0.6 is 0 Å². The van der Waals surface area contributed by atoms with Gasteiger partial charge in [-0.3, -0.25) is 14.6 Å². The number of anilines is 2. The molecule has 0 atom stereocenters. The molecule has 130 valence electrons. The molecule has 0 aliphatic carbocycles. The van der Waals surface area contributed by atoms with E-state index >= 15 is 0 Å². The Kier molecular flexibility index (Phi) is 5.50. The molecule has 2 amide bonds. The third-order valence-electron chi connectivity index (χ3n) is 3.86. The van der Waals surface area contributed by atoms with E-state index in [0.717, 1.165) is 19.4 Å². The summed E-state index contributed by atoms with van der Waals surface area (Å²) in [7, 11) is 0. The summed E-state index contributed by atoms with van der Waals surface area (Å²) in [5.74, 6) is 1.05. The molecule has 1 saturated heterocycles. The second kappa shape index (κ2) is 8.18. The van der Waals surface area contributed by atoms with Crippen LogP contribution in [0, 0.1) is 0 Å². The Morgan fingerprint density at radius 1 is 1.24 bits per heavy atom. The molecule has 2 N–H and O–H groups in total. The minimum Gasteiger partial charge on any atom is -0.351 e. The van der Waals surface area contributed by atoms with E-state index in [2.05, 4.69) is 25.6 Å². The molecule has 0 bridgehead atoms. The number of nitrogens with zero attached hydrogens (tertiary/aromatic N) is 4. The smallest absolute Gasteiger partial charge is 0.269 e. The summed E-state index contributed by atoms with van der Waals surface area (Å²) < 4.78 is 0. The fraction of sp³-hybridized carbons (Fsp3) is 0.353. The van der Waals surface area contributed by atoms with Gasteiger partial charge in [0.05, 0.1) is 6.20 Å². The predicted molar refractivity (Wildman–Crippen MR) is 92.3 cm³/mol. The van der Waals surface area contributed by atoms with Crippen LogP contribution in [0.2, 0.25) is 0 Å². The Hall–Kier alpha value is -3.03. The number of nitrogens with one attached hydrogen (secondary N) is 2. The first-order valence-corrected chi connectivity index (χ1v) is 8.28. The first kappa shape index (κ1) is 16.8. The number of rotatable bonds is 7. The highest BCUT2D eigenvalue weighted by atomic mass is 16.2. The highest BCUT2D eigenvalue weighted by Crippen LogP contribution is 2.11. The lowest BCUT2D eigenvalue weighted by Gasteiger charge is -2.15. The highest BCUT2D eigenvalue weighted by molar-refractivity contribution is 5.92. The number of hydrogen-bond acceptors (Lipinski definition) is 6. The second-order valence-electron chi connectivity index (χ2n) is 5.72. The topological polar surface area (TPSA) is 100 Å². The van der Waals surface area contributed by atoms with E-state index in [1.165, 1.54) is 0 Å². The van der Waals surface area contributed by atoms with Crippen molar-refractivity contribution in [3.8, 4) is 0 Å². The van der Waals surface area contributed by atoms with Crippen molar-refractivity contribution in [2.45, 2.75) is 19.3 Å². The number of likely N-dealkylation sites (tertiary alicyclic amines) is 1. The maximum atomic E-state index is 12.2. The molecule has 25 heavy (non-hydrogen) atoms. The highest BCUT2D eigenvalue weighted by Gasteiger charge is 2.19. The second-order valence-corrected chi connectivity index (χ2v) is 5.72. The van der Waals surface area contributed by atoms with Crippen molar-refractivity contribution >= 4 is 23.5 Å². The molecule has 3 heterocycles. The summed E-state index contributed by atoms with van der Waals surface area (Å²) in [6.07, 6.45) is 7.04. The average Bonchev–Trinajstić information content (AvgIpc) is 3.04. The normalized spacial score (nSPS) is 13.8. The monoisotopic (exact) mass is 340 g/mol. The van der Waals surface area contributed by atoms with E-state index in [4.69, 9.17) is 0 Å². The van der Waals surface area contributed by atoms with Gasteiger partial charge in [0.15, 0.2) is 0 Å². The molecule has 0 radical (unpaired) electrons. The van der Waals surface area contributed by atoms with E-state index in [-0.39, 0.29) is 11.8 Å². The van der Waals surface area contributed by atoms with Crippen LogP contribution in [0.25, 0.3) is 0 Å². The zero-order valence-electron chi connectivity index (χ0n) is 13.8. The Morgan fingerprint density at radius 3 is 2.92 bits per heavy atom. The molecule has 8 heteroatoms. The molecule has 2 aromatic heterocycles. The zero-order chi connectivity index (χ0) is 17.5. The van der Waals surface area contributed by atoms with Crippen LogP contribution in [0.15, 0.2) is 36.8 Å². The van der Waals surface area contributed by atoms with Gasteiger partial charge in [-0.15, -0.1) is 0 Å². The standard InChI is InChI=1S/C17H20N6O2/c24-16-6-2-10-23(16)11-3-7-20-17(25)13-4-1-5-14(21-13)22-15-12-18-8-9-19-15/h1,4-5,8-9,12H,2-3,6-7,10-11H2,(H,20,25)(H,19,21,22). The van der Waals surface area contributed by atoms with Crippen LogP contribution in [0.1, 0.15) is 29.8 Å². The van der Waals surface area contributed by atoms with Crippen LogP contribution in [0.4, 0.5) is 11.6 Å². The summed E-state index contributed by atoms with van der Waals surface area (Å²) in [6, 6.07) is 5.16. The molecule has 0 spiro atoms. The third kappa shape index (κ3) is 4.72. The Bertz CT molecular complexity index is 737. The largest absolute Gasteiger partial charge is 0.351 e. The third-order valence-corrected chi connectivity index (χ3v) is 3.86. The van der Waals surface area contributed by atoms with Crippen molar-refractivity contribution in [1.82, 2.24) is 25.2 Å². The lowest BCUT2D eigenvalue weighted by Crippen LogP contribution is -2.31. The number of carbonyl (C=O) groups excluding carboxylic acids is 2. The van der Waals surface area contributed by atoms with Crippen LogP contribution in [-0.4, -0.2) is 51.3 Å². The molecule has 3 rings (SSSR count). The van der Waals surface area contributed by atoms with Crippen molar-refractivity contribution < 1.29 is 9.59 Å². The maximum Gasteiger partial charge on any atom is 0.269 e. The van der Waals surface area contributed by atoms with E-state index in [1.807, 2.05) is 4.90 Å². The lowest BCUT2D eigenvalue weighted by atomic mass is 10.3. The number of hydrogen-bond donors (Lipinski definition) is 2. The summed E-state index contributed by atoms with van der Waals surface area (Å²) in [4.78, 5) is 37.9. The summed E-state index contributed by atoms with van der Waals surface area (Å²) in [5.41, 5.74) is 0.325. The summed E-state index contributed by atoms with van der Waals surface area (Å²) >= 11 is 0. The Balaban J connectivity index is 1.48. The van der Waals surface area contributed by atoms with E-state index in [1.54, 1.807) is 36.8 Å². The van der Waals surface area contributed by atoms with Crippen molar-refractivity contribution in [3.05, 3.63) is 42.5 Å². The molecule has 1 aliphatic rings. The van der Waals surface area contributed by atoms with Crippen LogP contribution in [0.5, 0.6) is 0 Å². The molecule has 0 saturated carbocycles. The molecule has 1 aliphatic heterocycles. The number of pyridine rings is 1. The van der Waals surface area contributed by atoms with E-state index in [9.17, 15) is 9.59 Å². The molecule has 1 fully saturated rings. The van der Waals surface area contributed by atoms with E-state index in [0.29, 0.717) is 36.8 Å². The fourth-order valence-corrected chi connectivity index (χ4v) is 2.63. The van der Waals surface area contributed by atoms with Crippen LogP contribution < -0.4 is 10.6 Å². The van der Waals surface area contributed by atoms with Gasteiger partial charge in [-0.05, 0) is 25.0 Å². The maximum absolute atomic E-state index is 12.2. The van der Waals surface area contributed by atoms with Crippen LogP contribution in [-0.2, 0) is 4.79 Å². The van der Waals surface area contributed by atoms with Gasteiger partial charge in [-0.2, -0.15) is 0 Å². The fourth-order valence-electron chi connectivity index (χ4n) is 2.63. The minimum absolute atomic E-state index is 0.204. The van der Waals surface area contributed by atoms with Crippen molar-refractivity contribution in [1.29, 1.82) is 0 Å². The quantitative estimate of drug-likeness (QED) is 0.738. The Morgan fingerprint density at radius 2 is 2.16 bits per heavy atom. The van der Waals surface area contributed by atoms with Gasteiger partial charge >= 0.3 is 0 Å². The zero-order valence-corrected chi connectivity index (χ0v) is 13.8. The first-order valence-electron chi connectivity index (χ1n) is 8.28. The number of aromatic nitrogens is 3. The Labute approximate surface area is 145 Å². The SMILES string of the molecule is O=C(NCCCN1CCCC1=O)c1cccc(Nc2cnccn2)n1. The van der Waals surface area contributed by atoms with Gasteiger partial charge in [0.2, 0.25) is 5.91 Å². The van der Waals surface area contributed by atoms with Gasteiger partial charge in [0, 0.05) is 38.4 Å². The van der Waals surface area contributed by atoms with Crippen molar-refractivity contribution in [2.75, 3.05) is 25.0 Å². The van der Waals surface area contributed by atoms with E-state index < -0.39 is 0 Å². The van der Waals surface area contributed by atoms with Crippen molar-refractivity contribution in [3.63, 3.8) is 0 Å². The molecule has 0 unspecified atom stereocenters. The molecular formula is C17H20N6O2. The van der Waals surface area contributed by atoms with Gasteiger partial charge in [0.1, 0.15) is 17.3 Å². The van der Waals surface area contributed by atoms with Gasteiger partial charge in [-0.1, -0.05) is 6.07 Å². The summed E-state index contributed by atoms with van der Waals surface area (Å²) in [6.45, 7) is 2.01. The molecule has 2 aromatic rings. The predicted octanol–water partition coefficient (Wildman–Crippen LogP) is 1.36. The average molecular weight is 340 g/mol. The van der Waals surface area contributed by atoms with Gasteiger partial charge in [-0.25, -0.2) is 9.97 Å². The van der Waals surface area contributed by atoms with Gasteiger partial charge in [0.25, 0.3) is 5.91 Å². The van der Waals surface area contributed by atoms with Crippen molar-refractivity contribution in [2.24, 2.45) is 0 Å². The molecule has 0 aromatic carbocycles. The minimum atomic E-state index is -0.240. The lowest BCUT2D eigenvalue weighted by molar-refractivity contribution is -0.127. The van der Waals surface area contributed by atoms with Crippen LogP contribution in [0.3, 0.4) is 0 Å². The first-order chi connectivity index (χ1) is 12.2. The van der Waals surface area contributed by atoms with Gasteiger partial charge < -0.3 is 15.5 Å². The number of amides is 2. The summed E-state index contributed by atoms with van der Waals surface area (Å²) in [5, 5.41) is 5.83. The molecule has 8 nitrogen and oxygen atoms in total.